The van der Waals surface area contributed by atoms with E-state index in [-0.39, 0.29) is 11.7 Å². The Morgan fingerprint density at radius 1 is 1.19 bits per heavy atom. The molecule has 0 fully saturated rings. The molecule has 3 rings (SSSR count). The molecule has 4 heteroatoms. The summed E-state index contributed by atoms with van der Waals surface area (Å²) in [7, 11) is 0. The molecule has 2 aromatic rings. The largest absolute Gasteiger partial charge is 0.326 e. The van der Waals surface area contributed by atoms with Gasteiger partial charge < -0.3 is 5.32 Å². The van der Waals surface area contributed by atoms with Gasteiger partial charge in [-0.2, -0.15) is 0 Å². The number of hydrogen-bond acceptors (Lipinski definition) is 3. The number of thioether (sulfide) groups is 1. The summed E-state index contributed by atoms with van der Waals surface area (Å²) in [6, 6.07) is 13.5. The molecule has 3 nitrogen and oxygen atoms in total. The molecule has 0 saturated heterocycles. The minimum absolute atomic E-state index is 0.0105. The molecule has 0 spiro atoms. The third-order valence-electron chi connectivity index (χ3n) is 3.44. The van der Waals surface area contributed by atoms with Gasteiger partial charge in [-0.05, 0) is 42.8 Å². The third-order valence-corrected chi connectivity index (χ3v) is 4.46. The maximum atomic E-state index is 12.2. The van der Waals surface area contributed by atoms with E-state index in [0.717, 1.165) is 16.1 Å². The highest BCUT2D eigenvalue weighted by Crippen LogP contribution is 2.25. The lowest BCUT2D eigenvalue weighted by atomic mass is 10.1. The molecule has 1 heterocycles. The summed E-state index contributed by atoms with van der Waals surface area (Å²) in [6.07, 6.45) is 0.363. The van der Waals surface area contributed by atoms with Crippen LogP contribution in [0, 0.1) is 6.92 Å². The first-order valence-electron chi connectivity index (χ1n) is 6.77. The Bertz CT molecular complexity index is 707. The number of rotatable bonds is 4. The van der Waals surface area contributed by atoms with Gasteiger partial charge in [0.1, 0.15) is 0 Å². The molecule has 0 unspecified atom stereocenters. The van der Waals surface area contributed by atoms with E-state index in [1.807, 2.05) is 43.3 Å². The summed E-state index contributed by atoms with van der Waals surface area (Å²) in [5.41, 5.74) is 3.61. The monoisotopic (exact) mass is 297 g/mol. The number of amides is 1. The Labute approximate surface area is 127 Å². The van der Waals surface area contributed by atoms with E-state index in [9.17, 15) is 9.59 Å². The molecule has 1 aliphatic heterocycles. The summed E-state index contributed by atoms with van der Waals surface area (Å²) >= 11 is 1.53. The van der Waals surface area contributed by atoms with Gasteiger partial charge in [0.2, 0.25) is 5.91 Å². The van der Waals surface area contributed by atoms with Gasteiger partial charge >= 0.3 is 0 Å². The number of fused-ring (bicyclic) bond motifs is 1. The third kappa shape index (κ3) is 3.16. The van der Waals surface area contributed by atoms with Crippen molar-refractivity contribution in [1.82, 2.24) is 0 Å². The van der Waals surface area contributed by atoms with E-state index < -0.39 is 0 Å². The summed E-state index contributed by atoms with van der Waals surface area (Å²) in [4.78, 5) is 24.6. The Kier molecular flexibility index (Phi) is 3.80. The van der Waals surface area contributed by atoms with Crippen molar-refractivity contribution in [2.24, 2.45) is 0 Å². The minimum atomic E-state index is -0.0105. The number of benzene rings is 2. The van der Waals surface area contributed by atoms with E-state index in [0.29, 0.717) is 17.7 Å². The first kappa shape index (κ1) is 13.9. The Balaban J connectivity index is 1.67. The minimum Gasteiger partial charge on any atom is -0.326 e. The van der Waals surface area contributed by atoms with Crippen LogP contribution in [0.25, 0.3) is 0 Å². The van der Waals surface area contributed by atoms with Crippen LogP contribution in [0.15, 0.2) is 47.4 Å². The second-order valence-electron chi connectivity index (χ2n) is 5.12. The zero-order chi connectivity index (χ0) is 14.8. The maximum Gasteiger partial charge on any atom is 0.228 e. The number of aryl methyl sites for hydroxylation is 1. The van der Waals surface area contributed by atoms with Gasteiger partial charge in [0.05, 0.1) is 12.2 Å². The van der Waals surface area contributed by atoms with Crippen LogP contribution < -0.4 is 5.32 Å². The number of ketones is 1. The molecular formula is C17H15NO2S. The molecule has 0 radical (unpaired) electrons. The van der Waals surface area contributed by atoms with Crippen molar-refractivity contribution in [3.05, 3.63) is 59.2 Å². The smallest absolute Gasteiger partial charge is 0.228 e. The lowest BCUT2D eigenvalue weighted by molar-refractivity contribution is -0.115. The average Bonchev–Trinajstić information content (AvgIpc) is 2.85. The zero-order valence-corrected chi connectivity index (χ0v) is 12.5. The SMILES string of the molecule is Cc1ccc(SCC(=O)c2ccc3c(c2)CC(=O)N3)cc1. The van der Waals surface area contributed by atoms with Gasteiger partial charge in [0.25, 0.3) is 0 Å². The van der Waals surface area contributed by atoms with Gasteiger partial charge in [-0.3, -0.25) is 9.59 Å². The molecule has 106 valence electrons. The van der Waals surface area contributed by atoms with Crippen molar-refractivity contribution in [2.75, 3.05) is 11.1 Å². The molecule has 1 amide bonds. The van der Waals surface area contributed by atoms with Gasteiger partial charge in [-0.25, -0.2) is 0 Å². The van der Waals surface area contributed by atoms with Crippen molar-refractivity contribution in [2.45, 2.75) is 18.2 Å². The molecule has 0 saturated carbocycles. The van der Waals surface area contributed by atoms with Gasteiger partial charge in [-0.15, -0.1) is 11.8 Å². The van der Waals surface area contributed by atoms with E-state index >= 15 is 0 Å². The van der Waals surface area contributed by atoms with Crippen molar-refractivity contribution in [3.8, 4) is 0 Å². The number of anilines is 1. The normalized spacial score (nSPS) is 12.9. The van der Waals surface area contributed by atoms with Crippen LogP contribution in [0.3, 0.4) is 0 Å². The summed E-state index contributed by atoms with van der Waals surface area (Å²) in [5.74, 6) is 0.481. The molecule has 0 aromatic heterocycles. The topological polar surface area (TPSA) is 46.2 Å². The van der Waals surface area contributed by atoms with Crippen molar-refractivity contribution in [1.29, 1.82) is 0 Å². The van der Waals surface area contributed by atoms with Crippen LogP contribution >= 0.6 is 11.8 Å². The Morgan fingerprint density at radius 3 is 2.71 bits per heavy atom. The fourth-order valence-electron chi connectivity index (χ4n) is 2.27. The Morgan fingerprint density at radius 2 is 1.95 bits per heavy atom. The molecule has 1 aliphatic rings. The van der Waals surface area contributed by atoms with Crippen LogP contribution in [0.4, 0.5) is 5.69 Å². The predicted octanol–water partition coefficient (Wildman–Crippen LogP) is 3.46. The van der Waals surface area contributed by atoms with Crippen LogP contribution in [-0.2, 0) is 11.2 Å². The quantitative estimate of drug-likeness (QED) is 0.694. The number of carbonyl (C=O) groups excluding carboxylic acids is 2. The number of carbonyl (C=O) groups is 2. The van der Waals surface area contributed by atoms with Gasteiger partial charge in [0.15, 0.2) is 5.78 Å². The maximum absolute atomic E-state index is 12.2. The first-order valence-corrected chi connectivity index (χ1v) is 7.76. The number of nitrogens with one attached hydrogen (secondary N) is 1. The van der Waals surface area contributed by atoms with Crippen molar-refractivity contribution in [3.63, 3.8) is 0 Å². The van der Waals surface area contributed by atoms with E-state index in [4.69, 9.17) is 0 Å². The average molecular weight is 297 g/mol. The molecule has 0 atom stereocenters. The highest BCUT2D eigenvalue weighted by Gasteiger charge is 2.19. The lowest BCUT2D eigenvalue weighted by Crippen LogP contribution is -2.03. The van der Waals surface area contributed by atoms with Crippen molar-refractivity contribution >= 4 is 29.1 Å². The molecule has 2 aromatic carbocycles. The van der Waals surface area contributed by atoms with Gasteiger partial charge in [-0.1, -0.05) is 17.7 Å². The predicted molar refractivity (Wildman–Crippen MR) is 85.0 cm³/mol. The van der Waals surface area contributed by atoms with Crippen molar-refractivity contribution < 1.29 is 9.59 Å². The van der Waals surface area contributed by atoms with E-state index in [2.05, 4.69) is 5.32 Å². The fraction of sp³-hybridized carbons (Fsp3) is 0.176. The molecule has 1 N–H and O–H groups in total. The highest BCUT2D eigenvalue weighted by molar-refractivity contribution is 8.00. The molecule has 0 aliphatic carbocycles. The molecular weight excluding hydrogens is 282 g/mol. The summed E-state index contributed by atoms with van der Waals surface area (Å²) < 4.78 is 0. The van der Waals surface area contributed by atoms with Crippen LogP contribution in [0.5, 0.6) is 0 Å². The molecule has 21 heavy (non-hydrogen) atoms. The fourth-order valence-corrected chi connectivity index (χ4v) is 3.06. The molecule has 0 bridgehead atoms. The first-order chi connectivity index (χ1) is 10.1. The number of Topliss-reactive ketones (excluding diaryl/α,β-unsaturated/α-hetero) is 1. The highest BCUT2D eigenvalue weighted by atomic mass is 32.2. The zero-order valence-electron chi connectivity index (χ0n) is 11.7. The van der Waals surface area contributed by atoms with E-state index in [1.54, 1.807) is 6.07 Å². The Hall–Kier alpha value is -2.07. The second-order valence-corrected chi connectivity index (χ2v) is 6.17. The van der Waals surface area contributed by atoms with Gasteiger partial charge in [0, 0.05) is 16.1 Å². The van der Waals surface area contributed by atoms with Crippen LogP contribution in [0.2, 0.25) is 0 Å². The summed E-state index contributed by atoms with van der Waals surface area (Å²) in [5, 5.41) is 2.77. The lowest BCUT2D eigenvalue weighted by Gasteiger charge is -2.04. The van der Waals surface area contributed by atoms with E-state index in [1.165, 1.54) is 17.3 Å². The number of hydrogen-bond donors (Lipinski definition) is 1. The standard InChI is InChI=1S/C17H15NO2S/c1-11-2-5-14(6-3-11)21-10-16(19)12-4-7-15-13(8-12)9-17(20)18-15/h2-8H,9-10H2,1H3,(H,18,20). The van der Waals surface area contributed by atoms with Crippen LogP contribution in [-0.4, -0.2) is 17.4 Å². The second kappa shape index (κ2) is 5.74. The summed E-state index contributed by atoms with van der Waals surface area (Å²) in [6.45, 7) is 2.04. The van der Waals surface area contributed by atoms with Crippen LogP contribution in [0.1, 0.15) is 21.5 Å².